The second-order valence-electron chi connectivity index (χ2n) is 10.2. The van der Waals surface area contributed by atoms with Crippen molar-refractivity contribution in [2.75, 3.05) is 26.4 Å². The molecule has 0 saturated heterocycles. The van der Waals surface area contributed by atoms with Crippen LogP contribution in [0.5, 0.6) is 5.75 Å². The van der Waals surface area contributed by atoms with Crippen LogP contribution in [0.2, 0.25) is 0 Å². The van der Waals surface area contributed by atoms with Crippen molar-refractivity contribution in [3.05, 3.63) is 41.7 Å². The van der Waals surface area contributed by atoms with Gasteiger partial charge in [-0.05, 0) is 77.5 Å². The zero-order chi connectivity index (χ0) is 26.4. The molecular weight excluding hydrogens is 465 g/mol. The van der Waals surface area contributed by atoms with Crippen LogP contribution in [0.15, 0.2) is 36.2 Å². The molecule has 0 heterocycles. The number of carbonyl (C=O) groups excluding carboxylic acids is 2. The van der Waals surface area contributed by atoms with Crippen LogP contribution in [0.3, 0.4) is 0 Å². The summed E-state index contributed by atoms with van der Waals surface area (Å²) in [6.07, 6.45) is 7.99. The molecule has 1 N–H and O–H groups in total. The smallest absolute Gasteiger partial charge is 0.407 e. The Morgan fingerprint density at radius 1 is 1.08 bits per heavy atom. The standard InChI is InChI=1S/C28H42FNO6/c1-5-33-25(31)21-35-28(15-7-6-8-16-28)17-9-10-22-11-13-24(14-12-22)34-20-23(18-29)19-30-26(32)36-27(2,3)4/h11-14,18H,5-10,15-17,19-21H2,1-4H3,(H,30,32)/b23-18+. The van der Waals surface area contributed by atoms with Gasteiger partial charge in [0.25, 0.3) is 0 Å². The molecule has 0 unspecified atom stereocenters. The molecule has 1 fully saturated rings. The van der Waals surface area contributed by atoms with Crippen molar-refractivity contribution in [2.24, 2.45) is 0 Å². The number of rotatable bonds is 13. The highest BCUT2D eigenvalue weighted by molar-refractivity contribution is 5.70. The van der Waals surface area contributed by atoms with Gasteiger partial charge in [-0.3, -0.25) is 0 Å². The van der Waals surface area contributed by atoms with Crippen molar-refractivity contribution in [1.29, 1.82) is 0 Å². The highest BCUT2D eigenvalue weighted by Gasteiger charge is 2.33. The molecule has 1 aromatic rings. The molecule has 1 amide bonds. The molecule has 0 spiro atoms. The van der Waals surface area contributed by atoms with Crippen molar-refractivity contribution in [3.63, 3.8) is 0 Å². The third-order valence-corrected chi connectivity index (χ3v) is 6.02. The van der Waals surface area contributed by atoms with Gasteiger partial charge in [0.2, 0.25) is 0 Å². The molecule has 0 bridgehead atoms. The Bertz CT molecular complexity index is 841. The van der Waals surface area contributed by atoms with Gasteiger partial charge in [-0.1, -0.05) is 31.4 Å². The first-order chi connectivity index (χ1) is 17.1. The molecule has 0 atom stereocenters. The summed E-state index contributed by atoms with van der Waals surface area (Å²) in [6, 6.07) is 7.72. The van der Waals surface area contributed by atoms with E-state index in [4.69, 9.17) is 18.9 Å². The van der Waals surface area contributed by atoms with Gasteiger partial charge in [0.15, 0.2) is 0 Å². The van der Waals surface area contributed by atoms with E-state index in [1.165, 1.54) is 12.0 Å². The predicted molar refractivity (Wildman–Crippen MR) is 137 cm³/mol. The maximum atomic E-state index is 13.2. The molecule has 8 heteroatoms. The Hall–Kier alpha value is -2.61. The summed E-state index contributed by atoms with van der Waals surface area (Å²) in [4.78, 5) is 23.5. The molecule has 202 valence electrons. The summed E-state index contributed by atoms with van der Waals surface area (Å²) in [5, 5.41) is 2.52. The van der Waals surface area contributed by atoms with Gasteiger partial charge in [0.05, 0.1) is 18.5 Å². The third kappa shape index (κ3) is 11.4. The number of hydrogen-bond donors (Lipinski definition) is 1. The summed E-state index contributed by atoms with van der Waals surface area (Å²) in [6.45, 7) is 7.49. The second-order valence-corrected chi connectivity index (χ2v) is 10.2. The van der Waals surface area contributed by atoms with Crippen LogP contribution in [0, 0.1) is 0 Å². The van der Waals surface area contributed by atoms with Crippen LogP contribution in [-0.2, 0) is 25.4 Å². The SMILES string of the molecule is CCOC(=O)COC1(CCCc2ccc(OC/C(=C/F)CNC(=O)OC(C)(C)C)cc2)CCCCC1. The lowest BCUT2D eigenvalue weighted by atomic mass is 9.80. The van der Waals surface area contributed by atoms with Gasteiger partial charge in [-0.15, -0.1) is 0 Å². The fourth-order valence-corrected chi connectivity index (χ4v) is 4.24. The molecule has 0 aromatic heterocycles. The van der Waals surface area contributed by atoms with E-state index < -0.39 is 11.7 Å². The highest BCUT2D eigenvalue weighted by Crippen LogP contribution is 2.36. The normalized spacial score (nSPS) is 15.8. The Kier molecular flexibility index (Phi) is 12.2. The zero-order valence-corrected chi connectivity index (χ0v) is 22.2. The number of halogens is 1. The number of nitrogens with one attached hydrogen (secondary N) is 1. The van der Waals surface area contributed by atoms with Crippen LogP contribution in [-0.4, -0.2) is 49.6 Å². The number of alkyl carbamates (subject to hydrolysis) is 1. The Labute approximate surface area is 214 Å². The van der Waals surface area contributed by atoms with Crippen molar-refractivity contribution < 1.29 is 32.9 Å². The summed E-state index contributed by atoms with van der Waals surface area (Å²) in [5.74, 6) is 0.321. The Morgan fingerprint density at radius 3 is 2.39 bits per heavy atom. The van der Waals surface area contributed by atoms with E-state index in [-0.39, 0.29) is 31.3 Å². The average Bonchev–Trinajstić information content (AvgIpc) is 2.83. The number of benzene rings is 1. The lowest BCUT2D eigenvalue weighted by molar-refractivity contribution is -0.159. The van der Waals surface area contributed by atoms with Gasteiger partial charge < -0.3 is 24.3 Å². The minimum absolute atomic E-state index is 0.00346. The molecular formula is C28H42FNO6. The molecule has 0 aliphatic heterocycles. The Balaban J connectivity index is 1.77. The minimum Gasteiger partial charge on any atom is -0.489 e. The molecule has 1 aliphatic carbocycles. The van der Waals surface area contributed by atoms with E-state index in [1.54, 1.807) is 27.7 Å². The number of amides is 1. The van der Waals surface area contributed by atoms with Crippen molar-refractivity contribution >= 4 is 12.1 Å². The second kappa shape index (κ2) is 14.8. The molecule has 1 saturated carbocycles. The van der Waals surface area contributed by atoms with E-state index in [2.05, 4.69) is 5.32 Å². The number of ether oxygens (including phenoxy) is 4. The van der Waals surface area contributed by atoms with E-state index in [1.807, 2.05) is 24.3 Å². The minimum atomic E-state index is -0.616. The highest BCUT2D eigenvalue weighted by atomic mass is 19.1. The first-order valence-corrected chi connectivity index (χ1v) is 12.9. The summed E-state index contributed by atoms with van der Waals surface area (Å²) >= 11 is 0. The fraction of sp³-hybridized carbons (Fsp3) is 0.643. The largest absolute Gasteiger partial charge is 0.489 e. The topological polar surface area (TPSA) is 83.1 Å². The fourth-order valence-electron chi connectivity index (χ4n) is 4.24. The van der Waals surface area contributed by atoms with Crippen molar-refractivity contribution in [2.45, 2.75) is 90.3 Å². The van der Waals surface area contributed by atoms with E-state index in [9.17, 15) is 14.0 Å². The third-order valence-electron chi connectivity index (χ3n) is 6.02. The van der Waals surface area contributed by atoms with Gasteiger partial charge in [0.1, 0.15) is 24.6 Å². The molecule has 36 heavy (non-hydrogen) atoms. The zero-order valence-electron chi connectivity index (χ0n) is 22.2. The van der Waals surface area contributed by atoms with Crippen LogP contribution in [0.1, 0.15) is 78.2 Å². The number of carbonyl (C=O) groups is 2. The molecule has 1 aliphatic rings. The van der Waals surface area contributed by atoms with Crippen LogP contribution >= 0.6 is 0 Å². The summed E-state index contributed by atoms with van der Waals surface area (Å²) in [7, 11) is 0. The lowest BCUT2D eigenvalue weighted by Crippen LogP contribution is -2.37. The summed E-state index contributed by atoms with van der Waals surface area (Å²) < 4.78 is 35.2. The van der Waals surface area contributed by atoms with E-state index >= 15 is 0 Å². The number of esters is 1. The lowest BCUT2D eigenvalue weighted by Gasteiger charge is -2.37. The van der Waals surface area contributed by atoms with Crippen LogP contribution in [0.4, 0.5) is 9.18 Å². The molecule has 7 nitrogen and oxygen atoms in total. The first-order valence-electron chi connectivity index (χ1n) is 12.9. The number of hydrogen-bond acceptors (Lipinski definition) is 6. The molecule has 1 aromatic carbocycles. The molecule has 2 rings (SSSR count). The van der Waals surface area contributed by atoms with Crippen LogP contribution in [0.25, 0.3) is 0 Å². The first kappa shape index (κ1) is 29.6. The monoisotopic (exact) mass is 507 g/mol. The maximum absolute atomic E-state index is 13.2. The van der Waals surface area contributed by atoms with E-state index in [0.29, 0.717) is 24.3 Å². The maximum Gasteiger partial charge on any atom is 0.407 e. The number of aryl methyl sites for hydroxylation is 1. The van der Waals surface area contributed by atoms with Gasteiger partial charge in [-0.25, -0.2) is 14.0 Å². The molecule has 0 radical (unpaired) electrons. The summed E-state index contributed by atoms with van der Waals surface area (Å²) in [5.41, 5.74) is 0.613. The van der Waals surface area contributed by atoms with Gasteiger partial charge in [-0.2, -0.15) is 0 Å². The van der Waals surface area contributed by atoms with Crippen LogP contribution < -0.4 is 10.1 Å². The van der Waals surface area contributed by atoms with E-state index in [0.717, 1.165) is 44.9 Å². The predicted octanol–water partition coefficient (Wildman–Crippen LogP) is 6.05. The van der Waals surface area contributed by atoms with Gasteiger partial charge >= 0.3 is 12.1 Å². The van der Waals surface area contributed by atoms with Crippen molar-refractivity contribution in [1.82, 2.24) is 5.32 Å². The van der Waals surface area contributed by atoms with Gasteiger partial charge in [0, 0.05) is 12.1 Å². The Morgan fingerprint density at radius 2 is 1.78 bits per heavy atom. The van der Waals surface area contributed by atoms with Crippen molar-refractivity contribution in [3.8, 4) is 5.75 Å². The quantitative estimate of drug-likeness (QED) is 0.327. The average molecular weight is 508 g/mol.